The highest BCUT2D eigenvalue weighted by Gasteiger charge is 2.26. The molecule has 0 spiro atoms. The molecule has 0 aliphatic carbocycles. The summed E-state index contributed by atoms with van der Waals surface area (Å²) in [5.74, 6) is 0.947. The Morgan fingerprint density at radius 2 is 2.25 bits per heavy atom. The van der Waals surface area contributed by atoms with E-state index in [1.54, 1.807) is 7.11 Å². The van der Waals surface area contributed by atoms with Gasteiger partial charge in [0.15, 0.2) is 0 Å². The van der Waals surface area contributed by atoms with Crippen LogP contribution in [-0.2, 0) is 4.74 Å². The fourth-order valence-electron chi connectivity index (χ4n) is 1.43. The standard InChI is InChI=1S/C10H12O2/c1-7-8(10-6-12-10)4-3-5-9(7)11-2/h3-5,10H,6H2,1-2H3/t10-/m1/s1. The molecule has 0 saturated carbocycles. The van der Waals surface area contributed by atoms with E-state index in [9.17, 15) is 0 Å². The second-order valence-corrected chi connectivity index (χ2v) is 3.00. The quantitative estimate of drug-likeness (QED) is 0.624. The van der Waals surface area contributed by atoms with Gasteiger partial charge >= 0.3 is 0 Å². The van der Waals surface area contributed by atoms with Gasteiger partial charge in [0.25, 0.3) is 0 Å². The summed E-state index contributed by atoms with van der Waals surface area (Å²) in [6, 6.07) is 6.07. The molecule has 1 aliphatic heterocycles. The fraction of sp³-hybridized carbons (Fsp3) is 0.400. The molecule has 1 fully saturated rings. The molecule has 2 rings (SSSR count). The average Bonchev–Trinajstić information content (AvgIpc) is 2.88. The topological polar surface area (TPSA) is 21.8 Å². The lowest BCUT2D eigenvalue weighted by molar-refractivity contribution is 0.401. The molecule has 2 nitrogen and oxygen atoms in total. The van der Waals surface area contributed by atoms with Crippen molar-refractivity contribution in [3.05, 3.63) is 29.3 Å². The number of ether oxygens (including phenoxy) is 2. The highest BCUT2D eigenvalue weighted by molar-refractivity contribution is 5.41. The van der Waals surface area contributed by atoms with Crippen LogP contribution in [0.3, 0.4) is 0 Å². The average molecular weight is 164 g/mol. The lowest BCUT2D eigenvalue weighted by atomic mass is 10.1. The van der Waals surface area contributed by atoms with E-state index in [-0.39, 0.29) is 0 Å². The minimum Gasteiger partial charge on any atom is -0.496 e. The second-order valence-electron chi connectivity index (χ2n) is 3.00. The maximum atomic E-state index is 5.22. The van der Waals surface area contributed by atoms with Crippen molar-refractivity contribution in [2.24, 2.45) is 0 Å². The van der Waals surface area contributed by atoms with Crippen molar-refractivity contribution >= 4 is 0 Å². The number of hydrogen-bond donors (Lipinski definition) is 0. The Morgan fingerprint density at radius 1 is 1.50 bits per heavy atom. The zero-order valence-corrected chi connectivity index (χ0v) is 7.33. The van der Waals surface area contributed by atoms with Crippen LogP contribution < -0.4 is 4.74 Å². The van der Waals surface area contributed by atoms with Gasteiger partial charge in [0, 0.05) is 0 Å². The summed E-state index contributed by atoms with van der Waals surface area (Å²) in [6.07, 6.45) is 0.320. The lowest BCUT2D eigenvalue weighted by Gasteiger charge is -2.07. The third-order valence-electron chi connectivity index (χ3n) is 2.23. The molecule has 0 N–H and O–H groups in total. The van der Waals surface area contributed by atoms with Gasteiger partial charge in [-0.15, -0.1) is 0 Å². The molecular weight excluding hydrogens is 152 g/mol. The minimum absolute atomic E-state index is 0.320. The van der Waals surface area contributed by atoms with E-state index in [4.69, 9.17) is 9.47 Å². The molecule has 12 heavy (non-hydrogen) atoms. The van der Waals surface area contributed by atoms with Crippen LogP contribution in [0.15, 0.2) is 18.2 Å². The van der Waals surface area contributed by atoms with Crippen LogP contribution in [0.25, 0.3) is 0 Å². The molecular formula is C10H12O2. The van der Waals surface area contributed by atoms with Crippen LogP contribution in [-0.4, -0.2) is 13.7 Å². The van der Waals surface area contributed by atoms with Crippen LogP contribution in [0, 0.1) is 6.92 Å². The smallest absolute Gasteiger partial charge is 0.122 e. The van der Waals surface area contributed by atoms with Crippen LogP contribution in [0.2, 0.25) is 0 Å². The summed E-state index contributed by atoms with van der Waals surface area (Å²) in [4.78, 5) is 0. The molecule has 0 aromatic heterocycles. The number of hydrogen-bond acceptors (Lipinski definition) is 2. The normalized spacial score (nSPS) is 20.7. The van der Waals surface area contributed by atoms with E-state index in [1.165, 1.54) is 11.1 Å². The molecule has 0 unspecified atom stereocenters. The maximum absolute atomic E-state index is 5.22. The number of methoxy groups -OCH3 is 1. The Morgan fingerprint density at radius 3 is 2.83 bits per heavy atom. The van der Waals surface area contributed by atoms with Crippen LogP contribution in [0.1, 0.15) is 17.2 Å². The summed E-state index contributed by atoms with van der Waals surface area (Å²) >= 11 is 0. The summed E-state index contributed by atoms with van der Waals surface area (Å²) in [5.41, 5.74) is 2.46. The van der Waals surface area contributed by atoms with Crippen LogP contribution in [0.5, 0.6) is 5.75 Å². The number of rotatable bonds is 2. The Labute approximate surface area is 72.1 Å². The first-order chi connectivity index (χ1) is 5.83. The Balaban J connectivity index is 2.40. The Kier molecular flexibility index (Phi) is 1.77. The molecule has 64 valence electrons. The van der Waals surface area contributed by atoms with Crippen molar-refractivity contribution in [1.82, 2.24) is 0 Å². The van der Waals surface area contributed by atoms with Crippen molar-refractivity contribution in [3.63, 3.8) is 0 Å². The molecule has 1 aromatic carbocycles. The van der Waals surface area contributed by atoms with Crippen LogP contribution >= 0.6 is 0 Å². The van der Waals surface area contributed by atoms with Gasteiger partial charge in [-0.2, -0.15) is 0 Å². The van der Waals surface area contributed by atoms with E-state index >= 15 is 0 Å². The van der Waals surface area contributed by atoms with Gasteiger partial charge in [0.1, 0.15) is 11.9 Å². The van der Waals surface area contributed by atoms with Gasteiger partial charge in [-0.05, 0) is 24.1 Å². The molecule has 1 saturated heterocycles. The predicted octanol–water partition coefficient (Wildman–Crippen LogP) is 2.07. The SMILES string of the molecule is COc1cccc([C@H]2CO2)c1C. The molecule has 1 aromatic rings. The highest BCUT2D eigenvalue weighted by Crippen LogP contribution is 2.35. The third-order valence-corrected chi connectivity index (χ3v) is 2.23. The van der Waals surface area contributed by atoms with Gasteiger partial charge in [-0.25, -0.2) is 0 Å². The summed E-state index contributed by atoms with van der Waals surface area (Å²) in [6.45, 7) is 2.92. The fourth-order valence-corrected chi connectivity index (χ4v) is 1.43. The first-order valence-corrected chi connectivity index (χ1v) is 4.08. The summed E-state index contributed by atoms with van der Waals surface area (Å²) in [5, 5.41) is 0. The van der Waals surface area contributed by atoms with E-state index in [0.717, 1.165) is 12.4 Å². The van der Waals surface area contributed by atoms with E-state index < -0.39 is 0 Å². The molecule has 1 heterocycles. The molecule has 0 bridgehead atoms. The van der Waals surface area contributed by atoms with Gasteiger partial charge in [-0.1, -0.05) is 12.1 Å². The number of epoxide rings is 1. The largest absolute Gasteiger partial charge is 0.496 e. The summed E-state index contributed by atoms with van der Waals surface area (Å²) in [7, 11) is 1.69. The molecule has 2 heteroatoms. The van der Waals surface area contributed by atoms with Gasteiger partial charge in [0.05, 0.1) is 13.7 Å². The second kappa shape index (κ2) is 2.79. The molecule has 1 atom stereocenters. The van der Waals surface area contributed by atoms with E-state index in [0.29, 0.717) is 6.10 Å². The zero-order valence-electron chi connectivity index (χ0n) is 7.33. The first-order valence-electron chi connectivity index (χ1n) is 4.08. The van der Waals surface area contributed by atoms with Gasteiger partial charge < -0.3 is 9.47 Å². The van der Waals surface area contributed by atoms with Crippen molar-refractivity contribution in [1.29, 1.82) is 0 Å². The first kappa shape index (κ1) is 7.62. The molecule has 0 radical (unpaired) electrons. The minimum atomic E-state index is 0.320. The third kappa shape index (κ3) is 1.18. The van der Waals surface area contributed by atoms with E-state index in [1.807, 2.05) is 12.1 Å². The lowest BCUT2D eigenvalue weighted by Crippen LogP contribution is -1.91. The maximum Gasteiger partial charge on any atom is 0.122 e. The van der Waals surface area contributed by atoms with Crippen molar-refractivity contribution < 1.29 is 9.47 Å². The van der Waals surface area contributed by atoms with Gasteiger partial charge in [0.2, 0.25) is 0 Å². The molecule has 0 amide bonds. The van der Waals surface area contributed by atoms with Crippen molar-refractivity contribution in [2.45, 2.75) is 13.0 Å². The van der Waals surface area contributed by atoms with Gasteiger partial charge in [-0.3, -0.25) is 0 Å². The number of benzene rings is 1. The monoisotopic (exact) mass is 164 g/mol. The van der Waals surface area contributed by atoms with E-state index in [2.05, 4.69) is 13.0 Å². The van der Waals surface area contributed by atoms with Crippen LogP contribution in [0.4, 0.5) is 0 Å². The zero-order chi connectivity index (χ0) is 8.55. The highest BCUT2D eigenvalue weighted by atomic mass is 16.6. The van der Waals surface area contributed by atoms with Crippen molar-refractivity contribution in [2.75, 3.05) is 13.7 Å². The Bertz CT molecular complexity index is 290. The Hall–Kier alpha value is -1.02. The molecule has 1 aliphatic rings. The summed E-state index contributed by atoms with van der Waals surface area (Å²) < 4.78 is 10.4. The van der Waals surface area contributed by atoms with Crippen molar-refractivity contribution in [3.8, 4) is 5.75 Å². The predicted molar refractivity (Wildman–Crippen MR) is 46.4 cm³/mol.